The number of carbonyl (C=O) groups excluding carboxylic acids is 3. The molecular weight excluding hydrogens is 376 g/mol. The van der Waals surface area contributed by atoms with Crippen LogP contribution in [-0.2, 0) is 33.3 Å². The van der Waals surface area contributed by atoms with Crippen molar-refractivity contribution in [2.75, 3.05) is 6.61 Å². The Balaban J connectivity index is 1.91. The first-order chi connectivity index (χ1) is 13.6. The molecule has 2 saturated heterocycles. The first-order valence-electron chi connectivity index (χ1n) is 9.89. The lowest BCUT2D eigenvalue weighted by Crippen LogP contribution is -2.38. The number of allylic oxidation sites excluding steroid dienone is 2. The average molecular weight is 404 g/mol. The maximum atomic E-state index is 12.7. The minimum absolute atomic E-state index is 0.106. The van der Waals surface area contributed by atoms with Gasteiger partial charge in [0.05, 0.1) is 12.0 Å². The lowest BCUT2D eigenvalue weighted by molar-refractivity contribution is -0.158. The molecular formula is C22H28O7. The topological polar surface area (TPSA) is 91.4 Å². The molecule has 0 aromatic rings. The smallest absolute Gasteiger partial charge is 0.341 e. The lowest BCUT2D eigenvalue weighted by atomic mass is 9.85. The van der Waals surface area contributed by atoms with E-state index in [2.05, 4.69) is 6.58 Å². The second kappa shape index (κ2) is 8.14. The maximum absolute atomic E-state index is 12.7. The highest BCUT2D eigenvalue weighted by atomic mass is 16.7. The van der Waals surface area contributed by atoms with Crippen LogP contribution in [0, 0.1) is 5.92 Å². The fourth-order valence-electron chi connectivity index (χ4n) is 3.75. The molecule has 2 aliphatic heterocycles. The molecule has 2 fully saturated rings. The third-order valence-corrected chi connectivity index (χ3v) is 5.81. The van der Waals surface area contributed by atoms with Gasteiger partial charge in [-0.3, -0.25) is 4.79 Å². The Morgan fingerprint density at radius 3 is 2.69 bits per heavy atom. The van der Waals surface area contributed by atoms with E-state index in [0.717, 1.165) is 24.0 Å². The number of hydrogen-bond acceptors (Lipinski definition) is 7. The lowest BCUT2D eigenvalue weighted by Gasteiger charge is -2.28. The number of ether oxygens (including phenoxy) is 4. The van der Waals surface area contributed by atoms with Crippen molar-refractivity contribution in [2.24, 2.45) is 5.92 Å². The van der Waals surface area contributed by atoms with Crippen molar-refractivity contribution in [3.05, 3.63) is 35.5 Å². The number of rotatable bonds is 4. The Kier molecular flexibility index (Phi) is 5.98. The van der Waals surface area contributed by atoms with Gasteiger partial charge in [0, 0.05) is 18.9 Å². The molecule has 0 radical (unpaired) electrons. The molecule has 3 rings (SSSR count). The van der Waals surface area contributed by atoms with Crippen LogP contribution < -0.4 is 0 Å². The molecule has 158 valence electrons. The Morgan fingerprint density at radius 1 is 1.38 bits per heavy atom. The predicted octanol–water partition coefficient (Wildman–Crippen LogP) is 2.79. The monoisotopic (exact) mass is 404 g/mol. The molecule has 0 spiro atoms. The van der Waals surface area contributed by atoms with Gasteiger partial charge in [0.1, 0.15) is 18.8 Å². The van der Waals surface area contributed by atoms with Gasteiger partial charge in [-0.2, -0.15) is 0 Å². The summed E-state index contributed by atoms with van der Waals surface area (Å²) in [6, 6.07) is 0. The molecule has 0 aromatic heterocycles. The maximum Gasteiger partial charge on any atom is 0.341 e. The number of carbonyl (C=O) groups is 3. The number of hydrogen-bond donors (Lipinski definition) is 0. The number of epoxide rings is 1. The summed E-state index contributed by atoms with van der Waals surface area (Å²) in [6.07, 6.45) is 4.27. The zero-order valence-corrected chi connectivity index (χ0v) is 17.4. The Morgan fingerprint density at radius 2 is 2.07 bits per heavy atom. The molecule has 0 aromatic carbocycles. The second-order valence-electron chi connectivity index (χ2n) is 8.13. The van der Waals surface area contributed by atoms with Crippen LogP contribution in [0.5, 0.6) is 0 Å². The van der Waals surface area contributed by atoms with Crippen LogP contribution in [0.2, 0.25) is 0 Å². The molecule has 0 unspecified atom stereocenters. The van der Waals surface area contributed by atoms with Crippen LogP contribution >= 0.6 is 0 Å². The fraction of sp³-hybridized carbons (Fsp3) is 0.591. The van der Waals surface area contributed by atoms with E-state index in [1.54, 1.807) is 13.8 Å². The highest BCUT2D eigenvalue weighted by Crippen LogP contribution is 2.40. The van der Waals surface area contributed by atoms with Gasteiger partial charge in [0.2, 0.25) is 0 Å². The summed E-state index contributed by atoms with van der Waals surface area (Å²) in [5.41, 5.74) is 1.18. The van der Waals surface area contributed by atoms with Crippen LogP contribution in [-0.4, -0.2) is 48.4 Å². The van der Waals surface area contributed by atoms with Crippen molar-refractivity contribution in [1.82, 2.24) is 0 Å². The standard InChI is InChI=1S/C22H28O7/c1-12-7-6-8-16(11-26-15(4)23)10-18(28-21(25)22(5)14(3)29-22)19-13(2)20(24)27-17(19)9-12/h8-9,14,17-19H,2,6-7,10-11H2,1,3-5H3/b12-9-,16-8-/t14-,17-,18-,19+,22-/m1/s1. The summed E-state index contributed by atoms with van der Waals surface area (Å²) in [5, 5.41) is 0. The SMILES string of the molecule is C=C1C(=O)O[C@@H]2/C=C(/C)CC/C=C(\COC(C)=O)C[C@@H](OC(=O)[C@]3(C)O[C@@H]3C)[C@@H]12. The summed E-state index contributed by atoms with van der Waals surface area (Å²) in [6.45, 7) is 10.8. The van der Waals surface area contributed by atoms with Gasteiger partial charge in [-0.1, -0.05) is 18.2 Å². The first kappa shape index (κ1) is 21.3. The Labute approximate surface area is 170 Å². The molecule has 1 aliphatic carbocycles. The highest BCUT2D eigenvalue weighted by molar-refractivity contribution is 5.91. The molecule has 0 amide bonds. The van der Waals surface area contributed by atoms with E-state index in [1.807, 2.05) is 19.1 Å². The van der Waals surface area contributed by atoms with Crippen molar-refractivity contribution >= 4 is 17.9 Å². The van der Waals surface area contributed by atoms with Gasteiger partial charge >= 0.3 is 17.9 Å². The molecule has 3 aliphatic rings. The van der Waals surface area contributed by atoms with E-state index in [-0.39, 0.29) is 24.3 Å². The minimum atomic E-state index is -0.985. The summed E-state index contributed by atoms with van der Waals surface area (Å²) < 4.78 is 21.9. The normalized spacial score (nSPS) is 37.9. The van der Waals surface area contributed by atoms with E-state index in [4.69, 9.17) is 18.9 Å². The molecule has 0 saturated carbocycles. The van der Waals surface area contributed by atoms with Crippen molar-refractivity contribution < 1.29 is 33.3 Å². The van der Waals surface area contributed by atoms with Crippen molar-refractivity contribution in [3.8, 4) is 0 Å². The second-order valence-corrected chi connectivity index (χ2v) is 8.13. The molecule has 2 heterocycles. The first-order valence-corrected chi connectivity index (χ1v) is 9.89. The zero-order valence-electron chi connectivity index (χ0n) is 17.4. The van der Waals surface area contributed by atoms with Crippen LogP contribution in [0.25, 0.3) is 0 Å². The van der Waals surface area contributed by atoms with Gasteiger partial charge in [-0.25, -0.2) is 9.59 Å². The van der Waals surface area contributed by atoms with E-state index < -0.39 is 35.7 Å². The Bertz CT molecular complexity index is 793. The highest BCUT2D eigenvalue weighted by Gasteiger charge is 2.58. The zero-order chi connectivity index (χ0) is 21.3. The largest absolute Gasteiger partial charge is 0.461 e. The third kappa shape index (κ3) is 4.61. The number of fused-ring (bicyclic) bond motifs is 1. The van der Waals surface area contributed by atoms with Crippen LogP contribution in [0.15, 0.2) is 35.5 Å². The van der Waals surface area contributed by atoms with Crippen LogP contribution in [0.3, 0.4) is 0 Å². The van der Waals surface area contributed by atoms with Gasteiger partial charge in [0.15, 0.2) is 5.60 Å². The predicted molar refractivity (Wildman–Crippen MR) is 104 cm³/mol. The molecule has 29 heavy (non-hydrogen) atoms. The molecule has 0 bridgehead atoms. The van der Waals surface area contributed by atoms with E-state index in [0.29, 0.717) is 6.42 Å². The van der Waals surface area contributed by atoms with Gasteiger partial charge in [-0.05, 0) is 45.3 Å². The summed E-state index contributed by atoms with van der Waals surface area (Å²) in [4.78, 5) is 36.3. The molecule has 7 nitrogen and oxygen atoms in total. The van der Waals surface area contributed by atoms with E-state index in [9.17, 15) is 14.4 Å². The Hall–Kier alpha value is -2.41. The number of esters is 3. The molecule has 7 heteroatoms. The fourth-order valence-corrected chi connectivity index (χ4v) is 3.75. The van der Waals surface area contributed by atoms with Crippen molar-refractivity contribution in [2.45, 2.75) is 70.9 Å². The minimum Gasteiger partial charge on any atom is -0.461 e. The quantitative estimate of drug-likeness (QED) is 0.234. The summed E-state index contributed by atoms with van der Waals surface area (Å²) in [5.74, 6) is -1.87. The third-order valence-electron chi connectivity index (χ3n) is 5.81. The van der Waals surface area contributed by atoms with Crippen LogP contribution in [0.1, 0.15) is 47.0 Å². The summed E-state index contributed by atoms with van der Waals surface area (Å²) >= 11 is 0. The van der Waals surface area contributed by atoms with Gasteiger partial charge in [-0.15, -0.1) is 0 Å². The molecule has 5 atom stereocenters. The van der Waals surface area contributed by atoms with Gasteiger partial charge < -0.3 is 18.9 Å². The van der Waals surface area contributed by atoms with Gasteiger partial charge in [0.25, 0.3) is 0 Å². The van der Waals surface area contributed by atoms with Crippen molar-refractivity contribution in [1.29, 1.82) is 0 Å². The summed E-state index contributed by atoms with van der Waals surface area (Å²) in [7, 11) is 0. The van der Waals surface area contributed by atoms with Crippen molar-refractivity contribution in [3.63, 3.8) is 0 Å². The van der Waals surface area contributed by atoms with E-state index >= 15 is 0 Å². The average Bonchev–Trinajstić information content (AvgIpc) is 3.16. The molecule has 0 N–H and O–H groups in total. The van der Waals surface area contributed by atoms with E-state index in [1.165, 1.54) is 6.92 Å². The van der Waals surface area contributed by atoms with Crippen LogP contribution in [0.4, 0.5) is 0 Å².